The number of ketones is 1. The van der Waals surface area contributed by atoms with Crippen LogP contribution >= 0.6 is 0 Å². The lowest BCUT2D eigenvalue weighted by Crippen LogP contribution is -2.15. The van der Waals surface area contributed by atoms with Crippen molar-refractivity contribution in [1.82, 2.24) is 0 Å². The lowest BCUT2D eigenvalue weighted by Gasteiger charge is -2.09. The fourth-order valence-electron chi connectivity index (χ4n) is 3.10. The predicted molar refractivity (Wildman–Crippen MR) is 109 cm³/mol. The number of benzene rings is 2. The van der Waals surface area contributed by atoms with Gasteiger partial charge in [-0.3, -0.25) is 9.59 Å². The summed E-state index contributed by atoms with van der Waals surface area (Å²) in [6.07, 6.45) is 8.24. The van der Waals surface area contributed by atoms with Crippen molar-refractivity contribution < 1.29 is 14.7 Å². The molecule has 0 unspecified atom stereocenters. The first-order valence-corrected chi connectivity index (χ1v) is 9.77. The van der Waals surface area contributed by atoms with Crippen LogP contribution in [0.25, 0.3) is 0 Å². The van der Waals surface area contributed by atoms with Crippen molar-refractivity contribution in [3.05, 3.63) is 65.7 Å². The lowest BCUT2D eigenvalue weighted by atomic mass is 10.0. The van der Waals surface area contributed by atoms with Crippen molar-refractivity contribution in [2.75, 3.05) is 11.9 Å². The molecular formula is C23H29NO3. The summed E-state index contributed by atoms with van der Waals surface area (Å²) in [4.78, 5) is 23.8. The molecule has 2 aromatic rings. The Morgan fingerprint density at radius 1 is 0.778 bits per heavy atom. The summed E-state index contributed by atoms with van der Waals surface area (Å²) in [7, 11) is 0. The Bertz CT molecular complexity index is 713. The first kappa shape index (κ1) is 20.8. The molecule has 0 aliphatic rings. The third-order valence-electron chi connectivity index (χ3n) is 4.61. The summed E-state index contributed by atoms with van der Waals surface area (Å²) >= 11 is 0. The van der Waals surface area contributed by atoms with Crippen LogP contribution in [-0.2, 0) is 11.2 Å². The Hall–Kier alpha value is -2.46. The summed E-state index contributed by atoms with van der Waals surface area (Å²) in [5.74, 6) is -0.473. The first-order chi connectivity index (χ1) is 13.2. The van der Waals surface area contributed by atoms with E-state index in [9.17, 15) is 9.59 Å². The Labute approximate surface area is 161 Å². The molecule has 1 amide bonds. The Balaban J connectivity index is 1.57. The predicted octanol–water partition coefficient (Wildman–Crippen LogP) is 4.77. The highest BCUT2D eigenvalue weighted by Gasteiger charge is 2.11. The van der Waals surface area contributed by atoms with E-state index in [4.69, 9.17) is 5.11 Å². The highest BCUT2D eigenvalue weighted by Crippen LogP contribution is 2.17. The molecule has 144 valence electrons. The number of aryl methyl sites for hydroxylation is 1. The number of hydrogen-bond acceptors (Lipinski definition) is 3. The molecule has 2 N–H and O–H groups in total. The smallest absolute Gasteiger partial charge is 0.224 e. The van der Waals surface area contributed by atoms with Crippen molar-refractivity contribution in [2.24, 2.45) is 0 Å². The van der Waals surface area contributed by atoms with Crippen LogP contribution in [-0.4, -0.2) is 23.4 Å². The van der Waals surface area contributed by atoms with Gasteiger partial charge in [-0.2, -0.15) is 0 Å². The van der Waals surface area contributed by atoms with E-state index in [0.717, 1.165) is 25.7 Å². The van der Waals surface area contributed by atoms with Gasteiger partial charge in [0, 0.05) is 12.0 Å². The third-order valence-corrected chi connectivity index (χ3v) is 4.61. The van der Waals surface area contributed by atoms with Gasteiger partial charge in [-0.1, -0.05) is 68.1 Å². The number of anilines is 1. The van der Waals surface area contributed by atoms with Gasteiger partial charge >= 0.3 is 0 Å². The largest absolute Gasteiger partial charge is 0.388 e. The number of aliphatic hydroxyl groups excluding tert-OH is 1. The fraction of sp³-hybridized carbons (Fsp3) is 0.391. The van der Waals surface area contributed by atoms with Gasteiger partial charge in [-0.15, -0.1) is 0 Å². The number of unbranched alkanes of at least 4 members (excludes halogenated alkanes) is 5. The third kappa shape index (κ3) is 7.75. The Kier molecular flexibility index (Phi) is 9.28. The molecule has 2 aromatic carbocycles. The zero-order chi connectivity index (χ0) is 19.3. The maximum absolute atomic E-state index is 12.1. The standard InChI is InChI=1S/C23H29NO3/c25-18-22(26)20-15-10-11-16-21(20)24-23(27)17-9-4-2-1-3-6-12-19-13-7-5-8-14-19/h5,7-8,10-11,13-16,25H,1-4,6,9,12,17-18H2,(H,24,27). The van der Waals surface area contributed by atoms with E-state index in [2.05, 4.69) is 29.6 Å². The average molecular weight is 367 g/mol. The van der Waals surface area contributed by atoms with Gasteiger partial charge in [0.25, 0.3) is 0 Å². The molecule has 4 heteroatoms. The van der Waals surface area contributed by atoms with Gasteiger partial charge in [0.15, 0.2) is 5.78 Å². The van der Waals surface area contributed by atoms with E-state index in [1.54, 1.807) is 24.3 Å². The number of nitrogens with one attached hydrogen (secondary N) is 1. The molecule has 2 rings (SSSR count). The summed E-state index contributed by atoms with van der Waals surface area (Å²) < 4.78 is 0. The molecular weight excluding hydrogens is 338 g/mol. The van der Waals surface area contributed by atoms with Gasteiger partial charge in [0.1, 0.15) is 6.61 Å². The topological polar surface area (TPSA) is 66.4 Å². The Morgan fingerprint density at radius 3 is 2.15 bits per heavy atom. The summed E-state index contributed by atoms with van der Waals surface area (Å²) in [5.41, 5.74) is 2.23. The molecule has 0 radical (unpaired) electrons. The molecule has 0 aliphatic carbocycles. The van der Waals surface area contributed by atoms with E-state index in [0.29, 0.717) is 17.7 Å². The van der Waals surface area contributed by atoms with E-state index in [-0.39, 0.29) is 11.7 Å². The van der Waals surface area contributed by atoms with Crippen molar-refractivity contribution in [1.29, 1.82) is 0 Å². The highest BCUT2D eigenvalue weighted by atomic mass is 16.3. The maximum Gasteiger partial charge on any atom is 0.224 e. The van der Waals surface area contributed by atoms with Gasteiger partial charge in [-0.25, -0.2) is 0 Å². The number of para-hydroxylation sites is 1. The minimum atomic E-state index is -0.558. The second-order valence-corrected chi connectivity index (χ2v) is 6.78. The van der Waals surface area contributed by atoms with E-state index in [1.165, 1.54) is 24.8 Å². The van der Waals surface area contributed by atoms with Crippen LogP contribution in [0.3, 0.4) is 0 Å². The van der Waals surface area contributed by atoms with Crippen LogP contribution in [0.1, 0.15) is 60.9 Å². The SMILES string of the molecule is O=C(CCCCCCCCc1ccccc1)Nc1ccccc1C(=O)CO. The van der Waals surface area contributed by atoms with Crippen LogP contribution in [0, 0.1) is 0 Å². The average Bonchev–Trinajstić information content (AvgIpc) is 2.70. The molecule has 0 saturated heterocycles. The molecule has 0 saturated carbocycles. The maximum atomic E-state index is 12.1. The van der Waals surface area contributed by atoms with E-state index in [1.807, 2.05) is 6.07 Å². The number of rotatable bonds is 12. The number of carbonyl (C=O) groups excluding carboxylic acids is 2. The van der Waals surface area contributed by atoms with Crippen LogP contribution < -0.4 is 5.32 Å². The molecule has 0 aromatic heterocycles. The molecule has 0 atom stereocenters. The summed E-state index contributed by atoms with van der Waals surface area (Å²) in [6.45, 7) is -0.558. The van der Waals surface area contributed by atoms with Gasteiger partial charge < -0.3 is 10.4 Å². The molecule has 0 spiro atoms. The van der Waals surface area contributed by atoms with Gasteiger partial charge in [0.2, 0.25) is 5.91 Å². The van der Waals surface area contributed by atoms with Crippen LogP contribution in [0.15, 0.2) is 54.6 Å². The quantitative estimate of drug-likeness (QED) is 0.419. The molecule has 0 fully saturated rings. The lowest BCUT2D eigenvalue weighted by molar-refractivity contribution is -0.116. The van der Waals surface area contributed by atoms with Crippen LogP contribution in [0.2, 0.25) is 0 Å². The number of Topliss-reactive ketones (excluding diaryl/α,β-unsaturated/α-hetero) is 1. The first-order valence-electron chi connectivity index (χ1n) is 9.77. The molecule has 0 aliphatic heterocycles. The zero-order valence-electron chi connectivity index (χ0n) is 15.8. The summed E-state index contributed by atoms with van der Waals surface area (Å²) in [6, 6.07) is 17.3. The second-order valence-electron chi connectivity index (χ2n) is 6.78. The number of amides is 1. The highest BCUT2D eigenvalue weighted by molar-refractivity contribution is 6.05. The molecule has 27 heavy (non-hydrogen) atoms. The van der Waals surface area contributed by atoms with Gasteiger partial charge in [-0.05, 0) is 37.0 Å². The summed E-state index contributed by atoms with van der Waals surface area (Å²) in [5, 5.41) is 11.8. The van der Waals surface area contributed by atoms with Crippen molar-refractivity contribution in [3.8, 4) is 0 Å². The minimum absolute atomic E-state index is 0.0859. The second kappa shape index (κ2) is 12.0. The zero-order valence-corrected chi connectivity index (χ0v) is 15.8. The number of hydrogen-bond donors (Lipinski definition) is 2. The molecule has 0 bridgehead atoms. The van der Waals surface area contributed by atoms with Crippen molar-refractivity contribution in [2.45, 2.75) is 51.4 Å². The molecule has 4 nitrogen and oxygen atoms in total. The van der Waals surface area contributed by atoms with Crippen LogP contribution in [0.4, 0.5) is 5.69 Å². The monoisotopic (exact) mass is 367 g/mol. The van der Waals surface area contributed by atoms with Gasteiger partial charge in [0.05, 0.1) is 5.69 Å². The fourth-order valence-corrected chi connectivity index (χ4v) is 3.10. The van der Waals surface area contributed by atoms with E-state index >= 15 is 0 Å². The normalized spacial score (nSPS) is 10.6. The number of aliphatic hydroxyl groups is 1. The van der Waals surface area contributed by atoms with E-state index < -0.39 is 6.61 Å². The molecule has 0 heterocycles. The Morgan fingerprint density at radius 2 is 1.41 bits per heavy atom. The van der Waals surface area contributed by atoms with Crippen LogP contribution in [0.5, 0.6) is 0 Å². The number of carbonyl (C=O) groups is 2. The minimum Gasteiger partial charge on any atom is -0.388 e. The van der Waals surface area contributed by atoms with Crippen molar-refractivity contribution in [3.63, 3.8) is 0 Å². The van der Waals surface area contributed by atoms with Crippen molar-refractivity contribution >= 4 is 17.4 Å².